The van der Waals surface area contributed by atoms with E-state index < -0.39 is 0 Å². The summed E-state index contributed by atoms with van der Waals surface area (Å²) in [5, 5.41) is 13.2. The molecule has 1 amide bonds. The van der Waals surface area contributed by atoms with Crippen LogP contribution in [0.4, 0.5) is 0 Å². The number of rotatable bonds is 7. The molecule has 4 nitrogen and oxygen atoms in total. The molecule has 0 saturated heterocycles. The number of nitrogens with zero attached hydrogens (tertiary/aromatic N) is 1. The highest BCUT2D eigenvalue weighted by Crippen LogP contribution is 2.24. The van der Waals surface area contributed by atoms with Crippen molar-refractivity contribution in [3.8, 4) is 0 Å². The third-order valence-corrected chi connectivity index (χ3v) is 4.31. The molecule has 0 aliphatic rings. The number of hydrogen-bond acceptors (Lipinski definition) is 4. The van der Waals surface area contributed by atoms with E-state index >= 15 is 0 Å². The van der Waals surface area contributed by atoms with Crippen LogP contribution in [0, 0.1) is 5.41 Å². The van der Waals surface area contributed by atoms with Crippen molar-refractivity contribution in [3.63, 3.8) is 0 Å². The van der Waals surface area contributed by atoms with Crippen molar-refractivity contribution in [1.82, 2.24) is 10.3 Å². The first kappa shape index (κ1) is 16.0. The molecule has 0 aromatic carbocycles. The van der Waals surface area contributed by atoms with Crippen molar-refractivity contribution >= 4 is 17.7 Å². The molecule has 1 aromatic rings. The fourth-order valence-electron chi connectivity index (χ4n) is 1.81. The maximum absolute atomic E-state index is 12.1. The van der Waals surface area contributed by atoms with Gasteiger partial charge in [-0.25, -0.2) is 4.98 Å². The molecule has 0 unspecified atom stereocenters. The minimum Gasteiger partial charge on any atom is -0.396 e. The number of carbonyl (C=O) groups excluding carboxylic acids is 1. The molecule has 19 heavy (non-hydrogen) atoms. The molecule has 1 rings (SSSR count). The van der Waals surface area contributed by atoms with E-state index in [0.29, 0.717) is 12.1 Å². The zero-order chi connectivity index (χ0) is 14.3. The van der Waals surface area contributed by atoms with E-state index in [2.05, 4.69) is 10.3 Å². The van der Waals surface area contributed by atoms with Crippen LogP contribution in [0.2, 0.25) is 0 Å². The summed E-state index contributed by atoms with van der Waals surface area (Å²) in [6, 6.07) is 3.48. The van der Waals surface area contributed by atoms with Gasteiger partial charge in [0, 0.05) is 23.7 Å². The molecule has 0 aliphatic heterocycles. The molecule has 0 radical (unpaired) electrons. The lowest BCUT2D eigenvalue weighted by Crippen LogP contribution is -2.39. The Hall–Kier alpha value is -1.07. The number of pyridine rings is 1. The Kier molecular flexibility index (Phi) is 6.31. The summed E-state index contributed by atoms with van der Waals surface area (Å²) in [4.78, 5) is 16.2. The number of thioether (sulfide) groups is 1. The van der Waals surface area contributed by atoms with Gasteiger partial charge in [0.1, 0.15) is 0 Å². The molecule has 1 aromatic heterocycles. The van der Waals surface area contributed by atoms with Gasteiger partial charge in [0.15, 0.2) is 0 Å². The number of nitrogens with one attached hydrogen (secondary N) is 1. The van der Waals surface area contributed by atoms with Crippen LogP contribution in [0.1, 0.15) is 37.0 Å². The number of carbonyl (C=O) groups is 1. The Bertz CT molecular complexity index is 411. The third-order valence-electron chi connectivity index (χ3n) is 3.67. The van der Waals surface area contributed by atoms with Gasteiger partial charge in [-0.15, -0.1) is 11.8 Å². The molecule has 0 spiro atoms. The van der Waals surface area contributed by atoms with E-state index in [9.17, 15) is 9.90 Å². The van der Waals surface area contributed by atoms with Crippen molar-refractivity contribution in [3.05, 3.63) is 23.9 Å². The van der Waals surface area contributed by atoms with Gasteiger partial charge in [0.05, 0.1) is 11.6 Å². The van der Waals surface area contributed by atoms with E-state index in [-0.39, 0.29) is 17.9 Å². The Morgan fingerprint density at radius 1 is 1.47 bits per heavy atom. The van der Waals surface area contributed by atoms with Gasteiger partial charge in [-0.3, -0.25) is 4.79 Å². The minimum atomic E-state index is -0.217. The first-order valence-electron chi connectivity index (χ1n) is 6.50. The lowest BCUT2D eigenvalue weighted by Gasteiger charge is -2.29. The van der Waals surface area contributed by atoms with Crippen molar-refractivity contribution in [2.75, 3.05) is 19.4 Å². The molecule has 106 valence electrons. The maximum atomic E-state index is 12.1. The van der Waals surface area contributed by atoms with Gasteiger partial charge < -0.3 is 10.4 Å². The summed E-state index contributed by atoms with van der Waals surface area (Å²) in [7, 11) is 0. The van der Waals surface area contributed by atoms with Crippen LogP contribution in [0.15, 0.2) is 23.4 Å². The first-order valence-corrected chi connectivity index (χ1v) is 7.72. The maximum Gasteiger partial charge on any atom is 0.251 e. The second-order valence-electron chi connectivity index (χ2n) is 4.63. The largest absolute Gasteiger partial charge is 0.396 e. The van der Waals surface area contributed by atoms with Crippen molar-refractivity contribution < 1.29 is 9.90 Å². The lowest BCUT2D eigenvalue weighted by atomic mass is 9.83. The second kappa shape index (κ2) is 7.50. The number of aromatic nitrogens is 1. The average molecular weight is 282 g/mol. The molecular formula is C14H22N2O2S. The second-order valence-corrected chi connectivity index (χ2v) is 5.46. The van der Waals surface area contributed by atoms with Gasteiger partial charge in [-0.05, 0) is 31.2 Å². The van der Waals surface area contributed by atoms with Crippen molar-refractivity contribution in [2.45, 2.75) is 31.7 Å². The molecule has 5 heteroatoms. The minimum absolute atomic E-state index is 0.0900. The topological polar surface area (TPSA) is 62.2 Å². The van der Waals surface area contributed by atoms with Gasteiger partial charge in [0.25, 0.3) is 5.91 Å². The summed E-state index contributed by atoms with van der Waals surface area (Å²) in [6.45, 7) is 4.65. The first-order chi connectivity index (χ1) is 9.10. The van der Waals surface area contributed by atoms with Crippen LogP contribution in [0.5, 0.6) is 0 Å². The Morgan fingerprint density at radius 2 is 2.16 bits per heavy atom. The highest BCUT2D eigenvalue weighted by Gasteiger charge is 2.25. The quantitative estimate of drug-likeness (QED) is 0.754. The smallest absolute Gasteiger partial charge is 0.251 e. The van der Waals surface area contributed by atoms with Crippen LogP contribution in [-0.2, 0) is 0 Å². The molecule has 0 fully saturated rings. The standard InChI is InChI=1S/C14H22N2O2S/c1-4-14(5-2,10-17)9-16-13(18)11-6-7-15-12(8-11)19-3/h6-8,17H,4-5,9-10H2,1-3H3,(H,16,18). The Balaban J connectivity index is 2.69. The molecular weight excluding hydrogens is 260 g/mol. The lowest BCUT2D eigenvalue weighted by molar-refractivity contribution is 0.0850. The van der Waals surface area contributed by atoms with Crippen LogP contribution < -0.4 is 5.32 Å². The fraction of sp³-hybridized carbons (Fsp3) is 0.571. The number of amides is 1. The summed E-state index contributed by atoms with van der Waals surface area (Å²) >= 11 is 1.51. The Morgan fingerprint density at radius 3 is 2.68 bits per heavy atom. The normalized spacial score (nSPS) is 11.4. The van der Waals surface area contributed by atoms with Gasteiger partial charge >= 0.3 is 0 Å². The SMILES string of the molecule is CCC(CC)(CO)CNC(=O)c1ccnc(SC)c1. The van der Waals surface area contributed by atoms with E-state index in [1.165, 1.54) is 11.8 Å². The van der Waals surface area contributed by atoms with Crippen LogP contribution in [-0.4, -0.2) is 35.4 Å². The number of hydrogen-bond donors (Lipinski definition) is 2. The van der Waals surface area contributed by atoms with E-state index in [0.717, 1.165) is 17.9 Å². The summed E-state index contributed by atoms with van der Waals surface area (Å²) in [5.41, 5.74) is 0.392. The molecule has 0 aliphatic carbocycles. The van der Waals surface area contributed by atoms with Crippen LogP contribution in [0.3, 0.4) is 0 Å². The molecule has 1 heterocycles. The molecule has 0 atom stereocenters. The zero-order valence-corrected chi connectivity index (χ0v) is 12.6. The fourth-order valence-corrected chi connectivity index (χ4v) is 2.22. The number of aliphatic hydroxyl groups is 1. The number of aliphatic hydroxyl groups excluding tert-OH is 1. The van der Waals surface area contributed by atoms with Gasteiger partial charge in [0.2, 0.25) is 0 Å². The highest BCUT2D eigenvalue weighted by atomic mass is 32.2. The van der Waals surface area contributed by atoms with Crippen molar-refractivity contribution in [2.24, 2.45) is 5.41 Å². The predicted molar refractivity (Wildman–Crippen MR) is 78.5 cm³/mol. The zero-order valence-electron chi connectivity index (χ0n) is 11.8. The van der Waals surface area contributed by atoms with Gasteiger partial charge in [-0.1, -0.05) is 13.8 Å². The van der Waals surface area contributed by atoms with Crippen molar-refractivity contribution in [1.29, 1.82) is 0 Å². The summed E-state index contributed by atoms with van der Waals surface area (Å²) in [5.74, 6) is -0.113. The Labute approximate surface area is 119 Å². The van der Waals surface area contributed by atoms with Crippen LogP contribution in [0.25, 0.3) is 0 Å². The predicted octanol–water partition coefficient (Wildman–Crippen LogP) is 2.33. The van der Waals surface area contributed by atoms with Crippen LogP contribution >= 0.6 is 11.8 Å². The van der Waals surface area contributed by atoms with Gasteiger partial charge in [-0.2, -0.15) is 0 Å². The summed E-state index contributed by atoms with van der Waals surface area (Å²) in [6.07, 6.45) is 5.24. The molecule has 2 N–H and O–H groups in total. The monoisotopic (exact) mass is 282 g/mol. The average Bonchev–Trinajstić information content (AvgIpc) is 2.49. The van der Waals surface area contributed by atoms with E-state index in [4.69, 9.17) is 0 Å². The molecule has 0 saturated carbocycles. The highest BCUT2D eigenvalue weighted by molar-refractivity contribution is 7.98. The molecule has 0 bridgehead atoms. The van der Waals surface area contributed by atoms with E-state index in [1.807, 2.05) is 20.1 Å². The van der Waals surface area contributed by atoms with E-state index in [1.54, 1.807) is 18.3 Å². The summed E-state index contributed by atoms with van der Waals surface area (Å²) < 4.78 is 0. The third kappa shape index (κ3) is 4.21.